The maximum Gasteiger partial charge on any atom is 0.304 e. The third-order valence-electron chi connectivity index (χ3n) is 3.87. The number of likely N-dealkylation sites (tertiary alicyclic amines) is 1. The van der Waals surface area contributed by atoms with Gasteiger partial charge in [0.2, 0.25) is 0 Å². The van der Waals surface area contributed by atoms with E-state index in [4.69, 9.17) is 5.11 Å². The molecule has 1 aliphatic heterocycles. The molecule has 1 unspecified atom stereocenters. The first kappa shape index (κ1) is 13.1. The number of carbonyl (C=O) groups is 1. The van der Waals surface area contributed by atoms with Gasteiger partial charge < -0.3 is 5.11 Å². The minimum atomic E-state index is -0.699. The molecule has 0 saturated carbocycles. The molecule has 1 N–H and O–H groups in total. The summed E-state index contributed by atoms with van der Waals surface area (Å²) in [6.07, 6.45) is 5.43. The van der Waals surface area contributed by atoms with Crippen molar-refractivity contribution in [1.29, 1.82) is 0 Å². The molecule has 1 saturated heterocycles. The molecule has 2 rings (SSSR count). The summed E-state index contributed by atoms with van der Waals surface area (Å²) in [4.78, 5) is 13.2. The summed E-state index contributed by atoms with van der Waals surface area (Å²) in [6.45, 7) is 3.86. The summed E-state index contributed by atoms with van der Waals surface area (Å²) in [5.41, 5.74) is 2.37. The van der Waals surface area contributed by atoms with Gasteiger partial charge in [0.15, 0.2) is 0 Å². The molecule has 1 fully saturated rings. The number of aliphatic carboxylic acids is 1. The molecule has 1 atom stereocenters. The topological polar surface area (TPSA) is 58.4 Å². The van der Waals surface area contributed by atoms with Crippen molar-refractivity contribution in [2.24, 2.45) is 7.05 Å². The molecular formula is C13H21N3O2. The van der Waals surface area contributed by atoms with Gasteiger partial charge >= 0.3 is 5.97 Å². The monoisotopic (exact) mass is 251 g/mol. The number of aromatic nitrogens is 2. The van der Waals surface area contributed by atoms with E-state index in [0.29, 0.717) is 0 Å². The quantitative estimate of drug-likeness (QED) is 0.882. The van der Waals surface area contributed by atoms with E-state index in [2.05, 4.69) is 16.9 Å². The van der Waals surface area contributed by atoms with Crippen molar-refractivity contribution in [2.45, 2.75) is 45.2 Å². The predicted molar refractivity (Wildman–Crippen MR) is 68.2 cm³/mol. The number of rotatable bonds is 4. The van der Waals surface area contributed by atoms with E-state index >= 15 is 0 Å². The van der Waals surface area contributed by atoms with Crippen LogP contribution in [0.2, 0.25) is 0 Å². The number of carboxylic acids is 1. The number of piperidine rings is 1. The molecule has 1 aliphatic rings. The number of carboxylic acid groups (broad SMARTS) is 1. The van der Waals surface area contributed by atoms with Gasteiger partial charge in [-0.3, -0.25) is 14.4 Å². The van der Waals surface area contributed by atoms with Crippen LogP contribution in [0.5, 0.6) is 0 Å². The highest BCUT2D eigenvalue weighted by Crippen LogP contribution is 2.22. The van der Waals surface area contributed by atoms with Crippen LogP contribution in [-0.4, -0.2) is 38.3 Å². The summed E-state index contributed by atoms with van der Waals surface area (Å²) in [7, 11) is 1.93. The van der Waals surface area contributed by atoms with Crippen molar-refractivity contribution in [2.75, 3.05) is 6.54 Å². The van der Waals surface area contributed by atoms with Crippen LogP contribution in [0.15, 0.2) is 6.20 Å². The van der Waals surface area contributed by atoms with E-state index in [9.17, 15) is 4.79 Å². The van der Waals surface area contributed by atoms with E-state index in [1.807, 2.05) is 17.9 Å². The Bertz CT molecular complexity index is 428. The fraction of sp³-hybridized carbons (Fsp3) is 0.692. The Morgan fingerprint density at radius 1 is 1.56 bits per heavy atom. The van der Waals surface area contributed by atoms with Crippen molar-refractivity contribution in [3.05, 3.63) is 17.5 Å². The largest absolute Gasteiger partial charge is 0.481 e. The molecule has 0 amide bonds. The van der Waals surface area contributed by atoms with Gasteiger partial charge in [-0.2, -0.15) is 5.10 Å². The molecule has 2 heterocycles. The Labute approximate surface area is 107 Å². The number of hydrogen-bond acceptors (Lipinski definition) is 3. The Morgan fingerprint density at radius 2 is 2.33 bits per heavy atom. The van der Waals surface area contributed by atoms with E-state index in [1.54, 1.807) is 0 Å². The van der Waals surface area contributed by atoms with Crippen molar-refractivity contribution < 1.29 is 9.90 Å². The minimum Gasteiger partial charge on any atom is -0.481 e. The molecule has 1 aromatic rings. The highest BCUT2D eigenvalue weighted by atomic mass is 16.4. The van der Waals surface area contributed by atoms with E-state index < -0.39 is 5.97 Å². The van der Waals surface area contributed by atoms with E-state index in [1.165, 1.54) is 5.56 Å². The van der Waals surface area contributed by atoms with Gasteiger partial charge in [-0.05, 0) is 26.3 Å². The van der Waals surface area contributed by atoms with Crippen LogP contribution in [0.3, 0.4) is 0 Å². The Kier molecular flexibility index (Phi) is 4.01. The first-order chi connectivity index (χ1) is 8.58. The zero-order chi connectivity index (χ0) is 13.1. The summed E-state index contributed by atoms with van der Waals surface area (Å²) in [5.74, 6) is -0.699. The molecule has 5 heteroatoms. The highest BCUT2D eigenvalue weighted by molar-refractivity contribution is 5.67. The van der Waals surface area contributed by atoms with E-state index in [-0.39, 0.29) is 12.5 Å². The molecular weight excluding hydrogens is 230 g/mol. The minimum absolute atomic E-state index is 0.177. The molecule has 18 heavy (non-hydrogen) atoms. The second kappa shape index (κ2) is 5.52. The first-order valence-electron chi connectivity index (χ1n) is 6.51. The van der Waals surface area contributed by atoms with Crippen LogP contribution in [0, 0.1) is 6.92 Å². The standard InChI is InChI=1S/C13H21N3O2/c1-10-11(8-14-15(10)2)9-16-6-4-3-5-12(16)7-13(17)18/h8,12H,3-7,9H2,1-2H3,(H,17,18). The van der Waals surface area contributed by atoms with Crippen LogP contribution in [0.25, 0.3) is 0 Å². The third-order valence-corrected chi connectivity index (χ3v) is 3.87. The fourth-order valence-corrected chi connectivity index (χ4v) is 2.62. The van der Waals surface area contributed by atoms with Crippen LogP contribution in [0.4, 0.5) is 0 Å². The Balaban J connectivity index is 2.05. The number of aryl methyl sites for hydroxylation is 1. The van der Waals surface area contributed by atoms with Crippen LogP contribution >= 0.6 is 0 Å². The van der Waals surface area contributed by atoms with Crippen LogP contribution < -0.4 is 0 Å². The lowest BCUT2D eigenvalue weighted by molar-refractivity contribution is -0.138. The van der Waals surface area contributed by atoms with Crippen molar-refractivity contribution in [3.63, 3.8) is 0 Å². The molecule has 100 valence electrons. The average molecular weight is 251 g/mol. The van der Waals surface area contributed by atoms with Gasteiger partial charge in [-0.1, -0.05) is 6.42 Å². The smallest absolute Gasteiger partial charge is 0.304 e. The lowest BCUT2D eigenvalue weighted by Crippen LogP contribution is -2.40. The summed E-state index contributed by atoms with van der Waals surface area (Å²) >= 11 is 0. The van der Waals surface area contributed by atoms with Crippen molar-refractivity contribution >= 4 is 5.97 Å². The first-order valence-corrected chi connectivity index (χ1v) is 6.51. The molecule has 0 radical (unpaired) electrons. The Hall–Kier alpha value is -1.36. The van der Waals surface area contributed by atoms with Crippen molar-refractivity contribution in [1.82, 2.24) is 14.7 Å². The normalized spacial score (nSPS) is 21.1. The number of hydrogen-bond donors (Lipinski definition) is 1. The maximum atomic E-state index is 10.9. The van der Waals surface area contributed by atoms with Gasteiger partial charge in [0.05, 0.1) is 12.6 Å². The highest BCUT2D eigenvalue weighted by Gasteiger charge is 2.25. The fourth-order valence-electron chi connectivity index (χ4n) is 2.62. The maximum absolute atomic E-state index is 10.9. The molecule has 0 aliphatic carbocycles. The summed E-state index contributed by atoms with van der Waals surface area (Å²) < 4.78 is 1.87. The molecule has 5 nitrogen and oxygen atoms in total. The number of nitrogens with zero attached hydrogens (tertiary/aromatic N) is 3. The van der Waals surface area contributed by atoms with Gasteiger partial charge in [0.25, 0.3) is 0 Å². The third kappa shape index (κ3) is 2.90. The zero-order valence-corrected chi connectivity index (χ0v) is 11.1. The zero-order valence-electron chi connectivity index (χ0n) is 11.1. The second-order valence-electron chi connectivity index (χ2n) is 5.10. The predicted octanol–water partition coefficient (Wildman–Crippen LogP) is 1.56. The SMILES string of the molecule is Cc1c(CN2CCCCC2CC(=O)O)cnn1C. The molecule has 0 bridgehead atoms. The lowest BCUT2D eigenvalue weighted by atomic mass is 9.98. The van der Waals surface area contributed by atoms with E-state index in [0.717, 1.165) is 38.0 Å². The van der Waals surface area contributed by atoms with Crippen molar-refractivity contribution in [3.8, 4) is 0 Å². The lowest BCUT2D eigenvalue weighted by Gasteiger charge is -2.34. The van der Waals surface area contributed by atoms with Gasteiger partial charge in [0, 0.05) is 30.9 Å². The molecule has 1 aromatic heterocycles. The van der Waals surface area contributed by atoms with Crippen LogP contribution in [0.1, 0.15) is 36.9 Å². The summed E-state index contributed by atoms with van der Waals surface area (Å²) in [5, 5.41) is 13.2. The molecule has 0 aromatic carbocycles. The Morgan fingerprint density at radius 3 is 2.94 bits per heavy atom. The molecule has 0 spiro atoms. The second-order valence-corrected chi connectivity index (χ2v) is 5.10. The van der Waals surface area contributed by atoms with Gasteiger partial charge in [-0.15, -0.1) is 0 Å². The van der Waals surface area contributed by atoms with Gasteiger partial charge in [-0.25, -0.2) is 0 Å². The average Bonchev–Trinajstić information content (AvgIpc) is 2.63. The van der Waals surface area contributed by atoms with Crippen LogP contribution in [-0.2, 0) is 18.4 Å². The van der Waals surface area contributed by atoms with Gasteiger partial charge in [0.1, 0.15) is 0 Å². The summed E-state index contributed by atoms with van der Waals surface area (Å²) in [6, 6.07) is 0.177.